The van der Waals surface area contributed by atoms with Crippen LogP contribution in [0.1, 0.15) is 5.56 Å². The van der Waals surface area contributed by atoms with Crippen molar-refractivity contribution in [2.75, 3.05) is 5.73 Å². The summed E-state index contributed by atoms with van der Waals surface area (Å²) in [5.41, 5.74) is 10.5. The molecule has 0 saturated carbocycles. The van der Waals surface area contributed by atoms with Gasteiger partial charge in [0, 0.05) is 12.4 Å². The minimum Gasteiger partial charge on any atom is -0.375 e. The second kappa shape index (κ2) is 5.38. The van der Waals surface area contributed by atoms with Crippen molar-refractivity contribution in [2.24, 2.45) is 0 Å². The fourth-order valence-corrected chi connectivity index (χ4v) is 3.68. The Bertz CT molecular complexity index is 1190. The Kier molecular flexibility index (Phi) is 3.04. The molecule has 0 atom stereocenters. The number of pyridine rings is 1. The van der Waals surface area contributed by atoms with Crippen LogP contribution in [0, 0.1) is 0 Å². The Balaban J connectivity index is 1.51. The summed E-state index contributed by atoms with van der Waals surface area (Å²) in [6.45, 7) is 0.693. The minimum atomic E-state index is 0.591. The summed E-state index contributed by atoms with van der Waals surface area (Å²) in [7, 11) is 0. The number of nitrogens with two attached hydrogens (primary N) is 1. The van der Waals surface area contributed by atoms with E-state index in [-0.39, 0.29) is 0 Å². The summed E-state index contributed by atoms with van der Waals surface area (Å²) in [6, 6.07) is 10.0. The third-order valence-electron chi connectivity index (χ3n) is 4.03. The van der Waals surface area contributed by atoms with Gasteiger partial charge in [0.05, 0.1) is 35.0 Å². The molecule has 8 heteroatoms. The van der Waals surface area contributed by atoms with Gasteiger partial charge in [-0.1, -0.05) is 17.4 Å². The second-order valence-corrected chi connectivity index (χ2v) is 6.78. The Morgan fingerprint density at radius 2 is 2.08 bits per heavy atom. The SMILES string of the molecule is Nc1nc2ccc(Cn3cnc4cc(-n5cccn5)cnc43)cc2s1. The third kappa shape index (κ3) is 2.43. The lowest BCUT2D eigenvalue weighted by molar-refractivity contribution is 0.813. The molecule has 122 valence electrons. The standard InChI is InChI=1S/C17H13N7S/c18-17-22-13-3-2-11(6-15(13)25-17)9-23-10-20-14-7-12(8-19-16(14)23)24-5-1-4-21-24/h1-8,10H,9H2,(H2,18,22). The van der Waals surface area contributed by atoms with Crippen molar-refractivity contribution in [3.05, 3.63) is 60.8 Å². The summed E-state index contributed by atoms with van der Waals surface area (Å²) in [5, 5.41) is 4.82. The topological polar surface area (TPSA) is 87.4 Å². The van der Waals surface area contributed by atoms with Crippen LogP contribution in [0.25, 0.3) is 27.1 Å². The fraction of sp³-hybridized carbons (Fsp3) is 0.0588. The van der Waals surface area contributed by atoms with Crippen LogP contribution in [0.2, 0.25) is 0 Å². The van der Waals surface area contributed by atoms with E-state index < -0.39 is 0 Å². The summed E-state index contributed by atoms with van der Waals surface area (Å²) >= 11 is 1.50. The number of anilines is 1. The van der Waals surface area contributed by atoms with E-state index in [0.717, 1.165) is 32.6 Å². The predicted octanol–water partition coefficient (Wildman–Crippen LogP) is 2.86. The number of rotatable bonds is 3. The van der Waals surface area contributed by atoms with Crippen molar-refractivity contribution in [1.29, 1.82) is 0 Å². The third-order valence-corrected chi connectivity index (χ3v) is 4.88. The number of aromatic nitrogens is 6. The fourth-order valence-electron chi connectivity index (χ4n) is 2.88. The maximum absolute atomic E-state index is 5.78. The largest absolute Gasteiger partial charge is 0.375 e. The van der Waals surface area contributed by atoms with Crippen molar-refractivity contribution in [3.63, 3.8) is 0 Å². The molecule has 1 aromatic carbocycles. The molecule has 0 saturated heterocycles. The average Bonchev–Trinajstić information content (AvgIpc) is 3.33. The zero-order valence-corrected chi connectivity index (χ0v) is 13.9. The maximum Gasteiger partial charge on any atom is 0.181 e. The van der Waals surface area contributed by atoms with Crippen molar-refractivity contribution >= 4 is 37.8 Å². The second-order valence-electron chi connectivity index (χ2n) is 5.71. The molecule has 4 heterocycles. The highest BCUT2D eigenvalue weighted by Crippen LogP contribution is 2.25. The van der Waals surface area contributed by atoms with Crippen LogP contribution < -0.4 is 5.73 Å². The average molecular weight is 347 g/mol. The van der Waals surface area contributed by atoms with Gasteiger partial charge >= 0.3 is 0 Å². The van der Waals surface area contributed by atoms with Crippen LogP contribution in [0.3, 0.4) is 0 Å². The van der Waals surface area contributed by atoms with Crippen LogP contribution in [0.15, 0.2) is 55.2 Å². The summed E-state index contributed by atoms with van der Waals surface area (Å²) < 4.78 is 4.90. The molecule has 2 N–H and O–H groups in total. The van der Waals surface area contributed by atoms with Crippen molar-refractivity contribution in [1.82, 2.24) is 29.3 Å². The Morgan fingerprint density at radius 1 is 1.12 bits per heavy atom. The van der Waals surface area contributed by atoms with Crippen molar-refractivity contribution < 1.29 is 0 Å². The first-order chi connectivity index (χ1) is 12.3. The van der Waals surface area contributed by atoms with Crippen LogP contribution in [-0.2, 0) is 6.54 Å². The summed E-state index contributed by atoms with van der Waals surface area (Å²) in [5.74, 6) is 0. The van der Waals surface area contributed by atoms with Gasteiger partial charge in [0.2, 0.25) is 0 Å². The molecule has 0 aliphatic carbocycles. The number of imidazole rings is 1. The smallest absolute Gasteiger partial charge is 0.181 e. The molecule has 0 bridgehead atoms. The molecule has 0 aliphatic rings. The van der Waals surface area contributed by atoms with Gasteiger partial charge in [-0.25, -0.2) is 19.6 Å². The van der Waals surface area contributed by atoms with Gasteiger partial charge in [-0.15, -0.1) is 0 Å². The number of nitrogens with zero attached hydrogens (tertiary/aromatic N) is 6. The molecular weight excluding hydrogens is 334 g/mol. The van der Waals surface area contributed by atoms with Crippen LogP contribution in [-0.4, -0.2) is 29.3 Å². The van der Waals surface area contributed by atoms with Crippen molar-refractivity contribution in [3.8, 4) is 5.69 Å². The molecule has 25 heavy (non-hydrogen) atoms. The van der Waals surface area contributed by atoms with Crippen LogP contribution in [0.4, 0.5) is 5.13 Å². The number of benzene rings is 1. The highest BCUT2D eigenvalue weighted by molar-refractivity contribution is 7.22. The van der Waals surface area contributed by atoms with Gasteiger partial charge in [0.1, 0.15) is 5.52 Å². The lowest BCUT2D eigenvalue weighted by Gasteiger charge is -2.05. The summed E-state index contributed by atoms with van der Waals surface area (Å²) in [4.78, 5) is 13.3. The molecule has 0 fully saturated rings. The van der Waals surface area contributed by atoms with E-state index in [9.17, 15) is 0 Å². The lowest BCUT2D eigenvalue weighted by Crippen LogP contribution is -2.00. The number of thiazole rings is 1. The molecule has 5 rings (SSSR count). The van der Waals surface area contributed by atoms with E-state index >= 15 is 0 Å². The van der Waals surface area contributed by atoms with Gasteiger partial charge in [-0.2, -0.15) is 5.10 Å². The first-order valence-corrected chi connectivity index (χ1v) is 8.54. The molecule has 4 aromatic heterocycles. The molecule has 0 aliphatic heterocycles. The monoisotopic (exact) mass is 347 g/mol. The number of fused-ring (bicyclic) bond motifs is 2. The van der Waals surface area contributed by atoms with Crippen LogP contribution in [0.5, 0.6) is 0 Å². The molecule has 5 aromatic rings. The van der Waals surface area contributed by atoms with Gasteiger partial charge in [-0.3, -0.25) is 0 Å². The zero-order chi connectivity index (χ0) is 16.8. The molecular formula is C17H13N7S. The Labute approximate surface area is 146 Å². The molecule has 0 spiro atoms. The minimum absolute atomic E-state index is 0.591. The number of hydrogen-bond donors (Lipinski definition) is 1. The molecule has 7 nitrogen and oxygen atoms in total. The maximum atomic E-state index is 5.78. The van der Waals surface area contributed by atoms with Gasteiger partial charge in [0.15, 0.2) is 10.8 Å². The van der Waals surface area contributed by atoms with Crippen molar-refractivity contribution in [2.45, 2.75) is 6.54 Å². The highest BCUT2D eigenvalue weighted by Gasteiger charge is 2.08. The van der Waals surface area contributed by atoms with Crippen LogP contribution >= 0.6 is 11.3 Å². The summed E-state index contributed by atoms with van der Waals surface area (Å²) in [6.07, 6.45) is 7.25. The zero-order valence-electron chi connectivity index (χ0n) is 13.1. The first kappa shape index (κ1) is 14.1. The number of nitrogen functional groups attached to an aromatic ring is 1. The normalized spacial score (nSPS) is 11.5. The molecule has 0 unspecified atom stereocenters. The van der Waals surface area contributed by atoms with Gasteiger partial charge in [0.25, 0.3) is 0 Å². The van der Waals surface area contributed by atoms with E-state index in [2.05, 4.69) is 32.2 Å². The molecule has 0 radical (unpaired) electrons. The van der Waals surface area contributed by atoms with Gasteiger partial charge in [-0.05, 0) is 29.8 Å². The highest BCUT2D eigenvalue weighted by atomic mass is 32.1. The predicted molar refractivity (Wildman–Crippen MR) is 97.8 cm³/mol. The number of hydrogen-bond acceptors (Lipinski definition) is 6. The lowest BCUT2D eigenvalue weighted by atomic mass is 10.2. The first-order valence-electron chi connectivity index (χ1n) is 7.72. The quantitative estimate of drug-likeness (QED) is 0.542. The molecule has 0 amide bonds. The van der Waals surface area contributed by atoms with Gasteiger partial charge < -0.3 is 10.3 Å². The van der Waals surface area contributed by atoms with E-state index in [1.807, 2.05) is 35.3 Å². The van der Waals surface area contributed by atoms with E-state index in [1.54, 1.807) is 17.1 Å². The van der Waals surface area contributed by atoms with E-state index in [1.165, 1.54) is 11.3 Å². The Morgan fingerprint density at radius 3 is 2.96 bits per heavy atom. The van der Waals surface area contributed by atoms with E-state index in [4.69, 9.17) is 5.73 Å². The van der Waals surface area contributed by atoms with E-state index in [0.29, 0.717) is 11.7 Å². The Hall–Kier alpha value is -3.26.